The van der Waals surface area contributed by atoms with Crippen LogP contribution in [-0.2, 0) is 21.5 Å². The molecule has 0 saturated heterocycles. The molecule has 0 fully saturated rings. The average Bonchev–Trinajstić information content (AvgIpc) is 2.32. The van der Waals surface area contributed by atoms with E-state index in [1.54, 1.807) is 0 Å². The molecule has 0 atom stereocenters. The van der Waals surface area contributed by atoms with E-state index in [1.165, 1.54) is 0 Å². The SMILES string of the molecule is CS(=O)(=O)Cc1n[nH]c(CCl)n1. The van der Waals surface area contributed by atoms with Crippen LogP contribution in [0.3, 0.4) is 0 Å². The second-order valence-electron chi connectivity index (χ2n) is 2.40. The third kappa shape index (κ3) is 2.78. The minimum atomic E-state index is -3.06. The number of halogens is 1. The van der Waals surface area contributed by atoms with Crippen LogP contribution in [0.1, 0.15) is 11.6 Å². The lowest BCUT2D eigenvalue weighted by Gasteiger charge is -1.89. The van der Waals surface area contributed by atoms with Gasteiger partial charge in [-0.25, -0.2) is 13.4 Å². The van der Waals surface area contributed by atoms with Crippen molar-refractivity contribution in [3.63, 3.8) is 0 Å². The topological polar surface area (TPSA) is 75.7 Å². The predicted octanol–water partition coefficient (Wildman–Crippen LogP) is 0.0881. The van der Waals surface area contributed by atoms with E-state index in [1.807, 2.05) is 0 Å². The van der Waals surface area contributed by atoms with Gasteiger partial charge >= 0.3 is 0 Å². The number of nitrogens with one attached hydrogen (secondary N) is 1. The maximum Gasteiger partial charge on any atom is 0.165 e. The van der Waals surface area contributed by atoms with Crippen molar-refractivity contribution in [2.24, 2.45) is 0 Å². The largest absolute Gasteiger partial charge is 0.262 e. The Balaban J connectivity index is 2.78. The van der Waals surface area contributed by atoms with Gasteiger partial charge in [-0.1, -0.05) is 0 Å². The van der Waals surface area contributed by atoms with E-state index >= 15 is 0 Å². The highest BCUT2D eigenvalue weighted by Crippen LogP contribution is 2.00. The summed E-state index contributed by atoms with van der Waals surface area (Å²) < 4.78 is 21.5. The highest BCUT2D eigenvalue weighted by atomic mass is 35.5. The van der Waals surface area contributed by atoms with Gasteiger partial charge in [-0.3, -0.25) is 5.10 Å². The average molecular weight is 210 g/mol. The molecule has 0 aliphatic carbocycles. The van der Waals surface area contributed by atoms with Crippen molar-refractivity contribution in [3.05, 3.63) is 11.6 Å². The van der Waals surface area contributed by atoms with Crippen molar-refractivity contribution in [1.29, 1.82) is 0 Å². The first-order valence-corrected chi connectivity index (χ1v) is 5.74. The molecule has 0 aliphatic rings. The van der Waals surface area contributed by atoms with Crippen molar-refractivity contribution in [2.45, 2.75) is 11.6 Å². The predicted molar refractivity (Wildman–Crippen MR) is 44.5 cm³/mol. The molecule has 0 bridgehead atoms. The lowest BCUT2D eigenvalue weighted by molar-refractivity contribution is 0.599. The standard InChI is InChI=1S/C5H8ClN3O2S/c1-12(10,11)3-5-7-4(2-6)8-9-5/h2-3H2,1H3,(H,7,8,9). The van der Waals surface area contributed by atoms with Crippen LogP contribution in [0, 0.1) is 0 Å². The van der Waals surface area contributed by atoms with E-state index in [4.69, 9.17) is 11.6 Å². The van der Waals surface area contributed by atoms with Crippen LogP contribution in [0.2, 0.25) is 0 Å². The zero-order valence-electron chi connectivity index (χ0n) is 6.41. The van der Waals surface area contributed by atoms with Gasteiger partial charge in [0.1, 0.15) is 11.6 Å². The molecule has 0 unspecified atom stereocenters. The van der Waals surface area contributed by atoms with E-state index in [9.17, 15) is 8.42 Å². The third-order valence-corrected chi connectivity index (χ3v) is 2.13. The molecule has 12 heavy (non-hydrogen) atoms. The molecule has 0 aliphatic heterocycles. The van der Waals surface area contributed by atoms with Gasteiger partial charge in [0.25, 0.3) is 0 Å². The fourth-order valence-electron chi connectivity index (χ4n) is 0.694. The Hall–Kier alpha value is -0.620. The van der Waals surface area contributed by atoms with Gasteiger partial charge in [-0.2, -0.15) is 5.10 Å². The molecule has 68 valence electrons. The number of rotatable bonds is 3. The molecule has 0 aromatic carbocycles. The summed E-state index contributed by atoms with van der Waals surface area (Å²) in [4.78, 5) is 3.84. The Labute approximate surface area is 75.1 Å². The molecule has 0 spiro atoms. The lowest BCUT2D eigenvalue weighted by Crippen LogP contribution is -2.02. The molecule has 1 aromatic rings. The molecule has 1 heterocycles. The summed E-state index contributed by atoms with van der Waals surface area (Å²) in [6, 6.07) is 0. The third-order valence-electron chi connectivity index (χ3n) is 1.10. The lowest BCUT2D eigenvalue weighted by atomic mass is 10.7. The van der Waals surface area contributed by atoms with Crippen LogP contribution in [0.4, 0.5) is 0 Å². The van der Waals surface area contributed by atoms with Crippen LogP contribution in [-0.4, -0.2) is 29.9 Å². The van der Waals surface area contributed by atoms with E-state index in [-0.39, 0.29) is 17.5 Å². The maximum atomic E-state index is 10.8. The smallest absolute Gasteiger partial charge is 0.165 e. The summed E-state index contributed by atoms with van der Waals surface area (Å²) in [6.45, 7) is 0. The maximum absolute atomic E-state index is 10.8. The number of H-pyrrole nitrogens is 1. The molecule has 5 nitrogen and oxygen atoms in total. The van der Waals surface area contributed by atoms with Crippen molar-refractivity contribution in [2.75, 3.05) is 6.26 Å². The van der Waals surface area contributed by atoms with Gasteiger partial charge in [-0.05, 0) is 0 Å². The summed E-state index contributed by atoms with van der Waals surface area (Å²) in [5.41, 5.74) is 0. The van der Waals surface area contributed by atoms with E-state index in [0.29, 0.717) is 5.82 Å². The monoisotopic (exact) mass is 209 g/mol. The number of nitrogens with zero attached hydrogens (tertiary/aromatic N) is 2. The Morgan fingerprint density at radius 2 is 2.25 bits per heavy atom. The number of aromatic nitrogens is 3. The highest BCUT2D eigenvalue weighted by Gasteiger charge is 2.09. The number of hydrogen-bond acceptors (Lipinski definition) is 4. The van der Waals surface area contributed by atoms with Crippen LogP contribution in [0.5, 0.6) is 0 Å². The fourth-order valence-corrected chi connectivity index (χ4v) is 1.41. The minimum Gasteiger partial charge on any atom is -0.262 e. The van der Waals surface area contributed by atoms with Gasteiger partial charge < -0.3 is 0 Å². The number of alkyl halides is 1. The van der Waals surface area contributed by atoms with Crippen molar-refractivity contribution >= 4 is 21.4 Å². The molecular weight excluding hydrogens is 202 g/mol. The molecule has 7 heteroatoms. The Morgan fingerprint density at radius 1 is 1.58 bits per heavy atom. The summed E-state index contributed by atoms with van der Waals surface area (Å²) in [5.74, 6) is 0.792. The number of hydrogen-bond donors (Lipinski definition) is 1. The number of aromatic amines is 1. The Morgan fingerprint density at radius 3 is 2.67 bits per heavy atom. The Bertz CT molecular complexity index is 359. The van der Waals surface area contributed by atoms with E-state index in [2.05, 4.69) is 15.2 Å². The first kappa shape index (κ1) is 9.47. The van der Waals surface area contributed by atoms with Gasteiger partial charge in [0, 0.05) is 6.26 Å². The minimum absolute atomic E-state index is 0.152. The zero-order chi connectivity index (χ0) is 9.19. The summed E-state index contributed by atoms with van der Waals surface area (Å²) in [7, 11) is -3.06. The van der Waals surface area contributed by atoms with Crippen LogP contribution in [0.25, 0.3) is 0 Å². The van der Waals surface area contributed by atoms with Crippen LogP contribution in [0.15, 0.2) is 0 Å². The first-order valence-electron chi connectivity index (χ1n) is 3.15. The number of sulfone groups is 1. The molecule has 1 rings (SSSR count). The quantitative estimate of drug-likeness (QED) is 0.716. The molecule has 0 amide bonds. The summed E-state index contributed by atoms with van der Waals surface area (Å²) in [6.07, 6.45) is 1.13. The second-order valence-corrected chi connectivity index (χ2v) is 4.81. The summed E-state index contributed by atoms with van der Waals surface area (Å²) >= 11 is 5.43. The van der Waals surface area contributed by atoms with Crippen molar-refractivity contribution in [1.82, 2.24) is 15.2 Å². The Kier molecular flexibility index (Phi) is 2.69. The highest BCUT2D eigenvalue weighted by molar-refractivity contribution is 7.89. The zero-order valence-corrected chi connectivity index (χ0v) is 7.98. The van der Waals surface area contributed by atoms with Gasteiger partial charge in [0.05, 0.1) is 5.88 Å². The van der Waals surface area contributed by atoms with Crippen molar-refractivity contribution in [3.8, 4) is 0 Å². The van der Waals surface area contributed by atoms with Gasteiger partial charge in [-0.15, -0.1) is 11.6 Å². The fraction of sp³-hybridized carbons (Fsp3) is 0.600. The van der Waals surface area contributed by atoms with Crippen LogP contribution < -0.4 is 0 Å². The van der Waals surface area contributed by atoms with Gasteiger partial charge in [0.15, 0.2) is 15.7 Å². The van der Waals surface area contributed by atoms with Gasteiger partial charge in [0.2, 0.25) is 0 Å². The molecule has 1 N–H and O–H groups in total. The van der Waals surface area contributed by atoms with E-state index in [0.717, 1.165) is 6.26 Å². The molecular formula is C5H8ClN3O2S. The normalized spacial score (nSPS) is 11.8. The molecule has 1 aromatic heterocycles. The second kappa shape index (κ2) is 3.40. The summed E-state index contributed by atoms with van der Waals surface area (Å²) in [5, 5.41) is 6.19. The first-order chi connectivity index (χ1) is 5.51. The van der Waals surface area contributed by atoms with E-state index < -0.39 is 9.84 Å². The molecule has 0 saturated carbocycles. The molecule has 0 radical (unpaired) electrons. The van der Waals surface area contributed by atoms with Crippen LogP contribution >= 0.6 is 11.6 Å². The van der Waals surface area contributed by atoms with Crippen molar-refractivity contribution < 1.29 is 8.42 Å².